The maximum absolute atomic E-state index is 10.7. The Morgan fingerprint density at radius 3 is 2.33 bits per heavy atom. The van der Waals surface area contributed by atoms with Crippen molar-refractivity contribution in [2.75, 3.05) is 12.3 Å². The van der Waals surface area contributed by atoms with Gasteiger partial charge in [0, 0.05) is 17.3 Å². The minimum atomic E-state index is -0.936. The summed E-state index contributed by atoms with van der Waals surface area (Å²) < 4.78 is 0. The molecule has 0 aromatic heterocycles. The lowest BCUT2D eigenvalue weighted by atomic mass is 9.91. The second-order valence-corrected chi connectivity index (χ2v) is 6.57. The molecule has 0 aliphatic rings. The molecule has 4 heteroatoms. The molecule has 2 nitrogen and oxygen atoms in total. The van der Waals surface area contributed by atoms with Crippen LogP contribution in [0.1, 0.15) is 17.5 Å². The van der Waals surface area contributed by atoms with Gasteiger partial charge in [0.05, 0.1) is 0 Å². The predicted octanol–water partition coefficient (Wildman–Crippen LogP) is 3.81. The first kappa shape index (κ1) is 16.4. The summed E-state index contributed by atoms with van der Waals surface area (Å²) in [5, 5.41) is 11.4. The molecule has 21 heavy (non-hydrogen) atoms. The van der Waals surface area contributed by atoms with Crippen molar-refractivity contribution in [2.45, 2.75) is 17.8 Å². The molecule has 112 valence electrons. The molecule has 0 saturated carbocycles. The predicted molar refractivity (Wildman–Crippen MR) is 91.6 cm³/mol. The van der Waals surface area contributed by atoms with Crippen molar-refractivity contribution in [3.05, 3.63) is 70.7 Å². The minimum absolute atomic E-state index is 0.235. The molecule has 0 spiro atoms. The van der Waals surface area contributed by atoms with Crippen LogP contribution in [0.4, 0.5) is 0 Å². The maximum Gasteiger partial charge on any atom is 0.103 e. The highest BCUT2D eigenvalue weighted by atomic mass is 35.5. The van der Waals surface area contributed by atoms with Gasteiger partial charge in [0.25, 0.3) is 0 Å². The van der Waals surface area contributed by atoms with Gasteiger partial charge in [-0.15, -0.1) is 0 Å². The third kappa shape index (κ3) is 4.75. The molecule has 2 aromatic carbocycles. The molecule has 0 aliphatic heterocycles. The topological polar surface area (TPSA) is 46.2 Å². The van der Waals surface area contributed by atoms with Crippen LogP contribution in [-0.2, 0) is 11.4 Å². The lowest BCUT2D eigenvalue weighted by Crippen LogP contribution is -2.35. The summed E-state index contributed by atoms with van der Waals surface area (Å²) in [6, 6.07) is 17.5. The van der Waals surface area contributed by atoms with Gasteiger partial charge in [-0.2, -0.15) is 11.8 Å². The van der Waals surface area contributed by atoms with Gasteiger partial charge < -0.3 is 10.8 Å². The van der Waals surface area contributed by atoms with Gasteiger partial charge in [0.15, 0.2) is 0 Å². The zero-order chi connectivity index (χ0) is 15.1. The Hall–Kier alpha value is -1.00. The van der Waals surface area contributed by atoms with Crippen LogP contribution in [0.25, 0.3) is 0 Å². The van der Waals surface area contributed by atoms with Crippen LogP contribution >= 0.6 is 23.4 Å². The van der Waals surface area contributed by atoms with Crippen molar-refractivity contribution in [1.29, 1.82) is 0 Å². The van der Waals surface area contributed by atoms with Crippen molar-refractivity contribution in [1.82, 2.24) is 0 Å². The number of benzene rings is 2. The first-order chi connectivity index (χ1) is 10.1. The third-order valence-corrected chi connectivity index (χ3v) is 4.77. The zero-order valence-corrected chi connectivity index (χ0v) is 13.4. The molecular weight excluding hydrogens is 302 g/mol. The standard InChI is InChI=1S/C17H20ClNOS/c18-16-8-6-14(7-9-16)12-21-11-10-17(20,13-19)15-4-2-1-3-5-15/h1-9,20H,10-13,19H2. The van der Waals surface area contributed by atoms with Crippen LogP contribution in [0.15, 0.2) is 54.6 Å². The minimum Gasteiger partial charge on any atom is -0.384 e. The van der Waals surface area contributed by atoms with Crippen LogP contribution < -0.4 is 5.73 Å². The summed E-state index contributed by atoms with van der Waals surface area (Å²) in [5.41, 5.74) is 6.96. The SMILES string of the molecule is NCC(O)(CCSCc1ccc(Cl)cc1)c1ccccc1. The Kier molecular flexibility index (Phi) is 6.12. The van der Waals surface area contributed by atoms with Gasteiger partial charge in [-0.25, -0.2) is 0 Å². The number of rotatable bonds is 7. The quantitative estimate of drug-likeness (QED) is 0.762. The van der Waals surface area contributed by atoms with E-state index in [0.717, 1.165) is 22.1 Å². The molecule has 0 radical (unpaired) electrons. The van der Waals surface area contributed by atoms with Gasteiger partial charge in [0.2, 0.25) is 0 Å². The molecule has 1 unspecified atom stereocenters. The molecule has 0 heterocycles. The number of nitrogens with two attached hydrogens (primary N) is 1. The van der Waals surface area contributed by atoms with Crippen LogP contribution in [0.2, 0.25) is 5.02 Å². The molecule has 0 amide bonds. The lowest BCUT2D eigenvalue weighted by Gasteiger charge is -2.27. The van der Waals surface area contributed by atoms with Crippen LogP contribution in [0, 0.1) is 0 Å². The van der Waals surface area contributed by atoms with Gasteiger partial charge in [-0.05, 0) is 35.4 Å². The molecule has 2 aromatic rings. The Morgan fingerprint density at radius 1 is 1.05 bits per heavy atom. The normalized spacial score (nSPS) is 13.9. The van der Waals surface area contributed by atoms with Crippen LogP contribution in [-0.4, -0.2) is 17.4 Å². The molecule has 0 fully saturated rings. The second kappa shape index (κ2) is 7.85. The van der Waals surface area contributed by atoms with E-state index in [2.05, 4.69) is 0 Å². The first-order valence-corrected chi connectivity index (χ1v) is 8.47. The second-order valence-electron chi connectivity index (χ2n) is 5.03. The number of hydrogen-bond donors (Lipinski definition) is 2. The van der Waals surface area contributed by atoms with E-state index in [1.165, 1.54) is 5.56 Å². The molecule has 2 rings (SSSR count). The Morgan fingerprint density at radius 2 is 1.71 bits per heavy atom. The lowest BCUT2D eigenvalue weighted by molar-refractivity contribution is 0.0431. The molecular formula is C17H20ClNOS. The van der Waals surface area contributed by atoms with Gasteiger partial charge >= 0.3 is 0 Å². The summed E-state index contributed by atoms with van der Waals surface area (Å²) in [7, 11) is 0. The van der Waals surface area contributed by atoms with Gasteiger partial charge in [0.1, 0.15) is 5.60 Å². The van der Waals surface area contributed by atoms with Crippen molar-refractivity contribution >= 4 is 23.4 Å². The van der Waals surface area contributed by atoms with E-state index in [0.29, 0.717) is 6.42 Å². The van der Waals surface area contributed by atoms with E-state index in [1.54, 1.807) is 11.8 Å². The Bertz CT molecular complexity index is 546. The summed E-state index contributed by atoms with van der Waals surface area (Å²) in [6.07, 6.45) is 0.645. The molecule has 0 bridgehead atoms. The third-order valence-electron chi connectivity index (χ3n) is 3.49. The molecule has 1 atom stereocenters. The fourth-order valence-corrected chi connectivity index (χ4v) is 3.30. The average Bonchev–Trinajstić information content (AvgIpc) is 2.54. The number of thioether (sulfide) groups is 1. The summed E-state index contributed by atoms with van der Waals surface area (Å²) >= 11 is 7.66. The monoisotopic (exact) mass is 321 g/mol. The van der Waals surface area contributed by atoms with E-state index in [-0.39, 0.29) is 6.54 Å². The van der Waals surface area contributed by atoms with Crippen molar-refractivity contribution < 1.29 is 5.11 Å². The van der Waals surface area contributed by atoms with E-state index in [9.17, 15) is 5.11 Å². The van der Waals surface area contributed by atoms with Crippen molar-refractivity contribution in [3.63, 3.8) is 0 Å². The largest absolute Gasteiger partial charge is 0.384 e. The highest BCUT2D eigenvalue weighted by molar-refractivity contribution is 7.98. The summed E-state index contributed by atoms with van der Waals surface area (Å²) in [5.74, 6) is 1.76. The zero-order valence-electron chi connectivity index (χ0n) is 11.8. The molecule has 0 aliphatic carbocycles. The fraction of sp³-hybridized carbons (Fsp3) is 0.294. The Balaban J connectivity index is 1.85. The van der Waals surface area contributed by atoms with Crippen LogP contribution in [0.5, 0.6) is 0 Å². The smallest absolute Gasteiger partial charge is 0.103 e. The summed E-state index contributed by atoms with van der Waals surface area (Å²) in [4.78, 5) is 0. The fourth-order valence-electron chi connectivity index (χ4n) is 2.12. The van der Waals surface area contributed by atoms with Gasteiger partial charge in [-0.1, -0.05) is 54.1 Å². The number of hydrogen-bond acceptors (Lipinski definition) is 3. The van der Waals surface area contributed by atoms with Crippen molar-refractivity contribution in [2.24, 2.45) is 5.73 Å². The maximum atomic E-state index is 10.7. The molecule has 3 N–H and O–H groups in total. The van der Waals surface area contributed by atoms with E-state index in [1.807, 2.05) is 54.6 Å². The highest BCUT2D eigenvalue weighted by Crippen LogP contribution is 2.26. The van der Waals surface area contributed by atoms with E-state index < -0.39 is 5.60 Å². The number of halogens is 1. The molecule has 0 saturated heterocycles. The van der Waals surface area contributed by atoms with Crippen LogP contribution in [0.3, 0.4) is 0 Å². The highest BCUT2D eigenvalue weighted by Gasteiger charge is 2.26. The number of aliphatic hydroxyl groups is 1. The van der Waals surface area contributed by atoms with E-state index >= 15 is 0 Å². The first-order valence-electron chi connectivity index (χ1n) is 6.94. The van der Waals surface area contributed by atoms with Gasteiger partial charge in [-0.3, -0.25) is 0 Å². The average molecular weight is 322 g/mol. The Labute approximate surface area is 135 Å². The van der Waals surface area contributed by atoms with Crippen molar-refractivity contribution in [3.8, 4) is 0 Å². The summed E-state index contributed by atoms with van der Waals surface area (Å²) in [6.45, 7) is 0.235. The van der Waals surface area contributed by atoms with E-state index in [4.69, 9.17) is 17.3 Å².